The molecule has 2 fully saturated rings. The van der Waals surface area contributed by atoms with Gasteiger partial charge in [-0.2, -0.15) is 4.52 Å². The Kier molecular flexibility index (Phi) is 3.08. The lowest BCUT2D eigenvalue weighted by molar-refractivity contribution is 0.230. The minimum Gasteiger partial charge on any atom is -0.351 e. The average Bonchev–Trinajstić information content (AvgIpc) is 3.29. The number of tetrazole rings is 1. The number of benzene rings is 1. The van der Waals surface area contributed by atoms with Crippen molar-refractivity contribution < 1.29 is 4.39 Å². The molecule has 126 valence electrons. The van der Waals surface area contributed by atoms with Crippen molar-refractivity contribution in [3.8, 4) is 0 Å². The largest absolute Gasteiger partial charge is 0.351 e. The van der Waals surface area contributed by atoms with Crippen LogP contribution in [0.5, 0.6) is 0 Å². The van der Waals surface area contributed by atoms with Gasteiger partial charge in [0.25, 0.3) is 0 Å². The molecule has 2 aromatic heterocycles. The third kappa shape index (κ3) is 2.14. The maximum Gasteiger partial charge on any atom is 0.222 e. The summed E-state index contributed by atoms with van der Waals surface area (Å²) in [7, 11) is 0. The second-order valence-corrected chi connectivity index (χ2v) is 6.53. The molecule has 1 aromatic carbocycles. The van der Waals surface area contributed by atoms with E-state index in [9.17, 15) is 4.39 Å². The van der Waals surface area contributed by atoms with Gasteiger partial charge in [-0.1, -0.05) is 0 Å². The normalized spacial score (nSPS) is 21.0. The summed E-state index contributed by atoms with van der Waals surface area (Å²) in [5.74, 6) is 0.0835. The van der Waals surface area contributed by atoms with Gasteiger partial charge >= 0.3 is 0 Å². The highest BCUT2D eigenvalue weighted by molar-refractivity contribution is 5.85. The molecule has 1 unspecified atom stereocenters. The van der Waals surface area contributed by atoms with Crippen molar-refractivity contribution in [2.45, 2.75) is 18.9 Å². The standard InChI is InChI=1S/C16H15FN8/c1-18-10-7-12(17)14-13(8-10)25-16(20-21-22-25)15(19-14)24-6-5-23-4-2-3-11(23)9-24/h7-8,11H,2-6,9H2. The molecule has 2 aliphatic heterocycles. The van der Waals surface area contributed by atoms with E-state index >= 15 is 0 Å². The Balaban J connectivity index is 1.69. The van der Waals surface area contributed by atoms with E-state index in [0.29, 0.717) is 23.0 Å². The molecule has 1 atom stereocenters. The fourth-order valence-corrected chi connectivity index (χ4v) is 3.95. The van der Waals surface area contributed by atoms with Gasteiger partial charge in [0.05, 0.1) is 12.1 Å². The van der Waals surface area contributed by atoms with Crippen LogP contribution in [-0.2, 0) is 0 Å². The van der Waals surface area contributed by atoms with Gasteiger partial charge in [-0.25, -0.2) is 14.2 Å². The zero-order chi connectivity index (χ0) is 17.0. The molecule has 2 aliphatic rings. The number of hydrogen-bond acceptors (Lipinski definition) is 6. The first kappa shape index (κ1) is 14.5. The zero-order valence-electron chi connectivity index (χ0n) is 13.4. The van der Waals surface area contributed by atoms with Crippen LogP contribution in [0.2, 0.25) is 0 Å². The van der Waals surface area contributed by atoms with Crippen LogP contribution >= 0.6 is 0 Å². The second-order valence-electron chi connectivity index (χ2n) is 6.53. The first-order valence-electron chi connectivity index (χ1n) is 8.32. The molecule has 0 aliphatic carbocycles. The Labute approximate surface area is 142 Å². The van der Waals surface area contributed by atoms with Crippen LogP contribution in [-0.4, -0.2) is 62.1 Å². The summed E-state index contributed by atoms with van der Waals surface area (Å²) in [6, 6.07) is 3.29. The van der Waals surface area contributed by atoms with Gasteiger partial charge in [0, 0.05) is 25.7 Å². The van der Waals surface area contributed by atoms with E-state index in [2.05, 4.69) is 35.2 Å². The molecule has 8 nitrogen and oxygen atoms in total. The SMILES string of the molecule is [C-]#[N+]c1cc(F)c2nc(N3CCN4CCCC4C3)c3nnnn3c2c1. The first-order valence-corrected chi connectivity index (χ1v) is 8.32. The molecule has 0 amide bonds. The Morgan fingerprint density at radius 3 is 3.04 bits per heavy atom. The van der Waals surface area contributed by atoms with Crippen molar-refractivity contribution in [3.63, 3.8) is 0 Å². The maximum atomic E-state index is 14.5. The number of halogens is 1. The van der Waals surface area contributed by atoms with Gasteiger partial charge in [0.15, 0.2) is 11.5 Å². The van der Waals surface area contributed by atoms with E-state index in [1.165, 1.54) is 23.4 Å². The van der Waals surface area contributed by atoms with Crippen molar-refractivity contribution in [3.05, 3.63) is 29.4 Å². The van der Waals surface area contributed by atoms with Gasteiger partial charge < -0.3 is 4.90 Å². The molecule has 0 saturated carbocycles. The van der Waals surface area contributed by atoms with Crippen LogP contribution in [0.1, 0.15) is 12.8 Å². The van der Waals surface area contributed by atoms with Crippen molar-refractivity contribution in [2.24, 2.45) is 0 Å². The van der Waals surface area contributed by atoms with Crippen LogP contribution < -0.4 is 4.90 Å². The topological polar surface area (TPSA) is 66.8 Å². The number of rotatable bonds is 1. The van der Waals surface area contributed by atoms with E-state index in [0.717, 1.165) is 26.2 Å². The number of fused-ring (bicyclic) bond motifs is 4. The van der Waals surface area contributed by atoms with Crippen molar-refractivity contribution >= 4 is 28.2 Å². The Morgan fingerprint density at radius 2 is 2.16 bits per heavy atom. The van der Waals surface area contributed by atoms with Crippen LogP contribution in [0.3, 0.4) is 0 Å². The highest BCUT2D eigenvalue weighted by atomic mass is 19.1. The van der Waals surface area contributed by atoms with E-state index < -0.39 is 5.82 Å². The predicted octanol–water partition coefficient (Wildman–Crippen LogP) is 1.65. The van der Waals surface area contributed by atoms with Crippen molar-refractivity contribution in [1.82, 2.24) is 29.9 Å². The van der Waals surface area contributed by atoms with Crippen molar-refractivity contribution in [2.75, 3.05) is 31.1 Å². The van der Waals surface area contributed by atoms with Crippen LogP contribution in [0, 0.1) is 12.4 Å². The number of aromatic nitrogens is 5. The zero-order valence-corrected chi connectivity index (χ0v) is 13.4. The van der Waals surface area contributed by atoms with E-state index in [4.69, 9.17) is 6.57 Å². The number of hydrogen-bond donors (Lipinski definition) is 0. The second kappa shape index (κ2) is 5.32. The summed E-state index contributed by atoms with van der Waals surface area (Å²) in [6.45, 7) is 10.9. The van der Waals surface area contributed by atoms with Crippen molar-refractivity contribution in [1.29, 1.82) is 0 Å². The van der Waals surface area contributed by atoms with Crippen LogP contribution in [0.25, 0.3) is 21.5 Å². The monoisotopic (exact) mass is 338 g/mol. The third-order valence-electron chi connectivity index (χ3n) is 5.16. The fraction of sp³-hybridized carbons (Fsp3) is 0.438. The van der Waals surface area contributed by atoms with Gasteiger partial charge in [-0.15, -0.1) is 5.10 Å². The highest BCUT2D eigenvalue weighted by Crippen LogP contribution is 2.30. The summed E-state index contributed by atoms with van der Waals surface area (Å²) < 4.78 is 16.0. The average molecular weight is 338 g/mol. The Morgan fingerprint density at radius 1 is 1.24 bits per heavy atom. The molecular weight excluding hydrogens is 323 g/mol. The highest BCUT2D eigenvalue weighted by Gasteiger charge is 2.32. The van der Waals surface area contributed by atoms with Gasteiger partial charge in [-0.05, 0) is 41.9 Å². The molecule has 4 heterocycles. The predicted molar refractivity (Wildman–Crippen MR) is 89.1 cm³/mol. The van der Waals surface area contributed by atoms with E-state index in [-0.39, 0.29) is 11.2 Å². The number of anilines is 1. The molecule has 5 rings (SSSR count). The first-order chi connectivity index (χ1) is 12.2. The lowest BCUT2D eigenvalue weighted by atomic mass is 10.1. The summed E-state index contributed by atoms with van der Waals surface area (Å²) in [6.07, 6.45) is 2.40. The van der Waals surface area contributed by atoms with E-state index in [1.54, 1.807) is 6.07 Å². The number of piperazine rings is 1. The summed E-state index contributed by atoms with van der Waals surface area (Å²) >= 11 is 0. The lowest BCUT2D eigenvalue weighted by Gasteiger charge is -2.38. The third-order valence-corrected chi connectivity index (χ3v) is 5.16. The molecule has 25 heavy (non-hydrogen) atoms. The van der Waals surface area contributed by atoms with Crippen LogP contribution in [0.15, 0.2) is 12.1 Å². The Hall–Kier alpha value is -2.86. The minimum atomic E-state index is -0.526. The molecule has 3 aromatic rings. The molecule has 0 spiro atoms. The summed E-state index contributed by atoms with van der Waals surface area (Å²) in [5, 5.41) is 11.8. The lowest BCUT2D eigenvalue weighted by Crippen LogP contribution is -2.50. The van der Waals surface area contributed by atoms with Crippen LogP contribution in [0.4, 0.5) is 15.9 Å². The molecule has 9 heteroatoms. The molecular formula is C16H15FN8. The molecule has 0 radical (unpaired) electrons. The van der Waals surface area contributed by atoms with E-state index in [1.807, 2.05) is 0 Å². The van der Waals surface area contributed by atoms with Gasteiger partial charge in [0.2, 0.25) is 5.65 Å². The number of nitrogens with zero attached hydrogens (tertiary/aromatic N) is 8. The maximum absolute atomic E-state index is 14.5. The summed E-state index contributed by atoms with van der Waals surface area (Å²) in [5.41, 5.74) is 1.31. The quantitative estimate of drug-likeness (QED) is 0.629. The smallest absolute Gasteiger partial charge is 0.222 e. The van der Waals surface area contributed by atoms with Gasteiger partial charge in [-0.3, -0.25) is 4.90 Å². The molecule has 2 saturated heterocycles. The fourth-order valence-electron chi connectivity index (χ4n) is 3.95. The molecule has 0 N–H and O–H groups in total. The summed E-state index contributed by atoms with van der Waals surface area (Å²) in [4.78, 5) is 12.5. The molecule has 0 bridgehead atoms. The van der Waals surface area contributed by atoms with Gasteiger partial charge in [0.1, 0.15) is 11.3 Å². The Bertz CT molecular complexity index is 1020. The minimum absolute atomic E-state index is 0.191.